The summed E-state index contributed by atoms with van der Waals surface area (Å²) in [6.45, 7) is 4.69. The van der Waals surface area contributed by atoms with Crippen molar-refractivity contribution in [1.29, 1.82) is 0 Å². The van der Waals surface area contributed by atoms with Gasteiger partial charge < -0.3 is 19.5 Å². The zero-order valence-electron chi connectivity index (χ0n) is 17.7. The summed E-state index contributed by atoms with van der Waals surface area (Å²) in [4.78, 5) is 4.13. The smallest absolute Gasteiger partial charge is 0.213 e. The topological polar surface area (TPSA) is 52.6 Å². The van der Waals surface area contributed by atoms with Gasteiger partial charge in [0.1, 0.15) is 12.4 Å². The van der Waals surface area contributed by atoms with E-state index in [9.17, 15) is 4.39 Å². The van der Waals surface area contributed by atoms with Crippen molar-refractivity contribution in [3.05, 3.63) is 81.2 Å². The van der Waals surface area contributed by atoms with Crippen LogP contribution in [0.4, 0.5) is 4.39 Å². The third-order valence-electron chi connectivity index (χ3n) is 4.47. The van der Waals surface area contributed by atoms with Crippen molar-refractivity contribution in [2.75, 3.05) is 19.8 Å². The molecule has 170 valence electrons. The summed E-state index contributed by atoms with van der Waals surface area (Å²) in [5, 5.41) is 3.73. The molecule has 1 heterocycles. The molecule has 1 aromatic heterocycles. The molecule has 1 N–H and O–H groups in total. The summed E-state index contributed by atoms with van der Waals surface area (Å²) in [6, 6.07) is 13.8. The van der Waals surface area contributed by atoms with Gasteiger partial charge in [-0.05, 0) is 71.7 Å². The number of benzene rings is 2. The van der Waals surface area contributed by atoms with E-state index in [0.29, 0.717) is 47.7 Å². The Bertz CT molecular complexity index is 1010. The van der Waals surface area contributed by atoms with Gasteiger partial charge in [-0.2, -0.15) is 0 Å². The molecular formula is C24H25BrClFN2O3. The third kappa shape index (κ3) is 7.36. The fourth-order valence-electron chi connectivity index (χ4n) is 2.95. The zero-order valence-corrected chi connectivity index (χ0v) is 20.1. The molecule has 2 aromatic carbocycles. The summed E-state index contributed by atoms with van der Waals surface area (Å²) in [6.07, 6.45) is 2.57. The highest BCUT2D eigenvalue weighted by Crippen LogP contribution is 2.38. The lowest BCUT2D eigenvalue weighted by molar-refractivity contribution is 0.267. The van der Waals surface area contributed by atoms with Crippen LogP contribution in [-0.2, 0) is 13.2 Å². The van der Waals surface area contributed by atoms with Crippen molar-refractivity contribution >= 4 is 27.5 Å². The molecule has 0 aliphatic heterocycles. The van der Waals surface area contributed by atoms with Crippen LogP contribution in [0.25, 0.3) is 0 Å². The van der Waals surface area contributed by atoms with Gasteiger partial charge in [-0.25, -0.2) is 9.37 Å². The number of rotatable bonds is 12. The minimum absolute atomic E-state index is 0.200. The lowest BCUT2D eigenvalue weighted by atomic mass is 10.2. The fourth-order valence-corrected chi connectivity index (χ4v) is 3.78. The standard InChI is InChI=1S/C24H25BrClFN2O3/c1-2-30-22-13-17(15-28-9-5-11-31-23-6-3-4-10-29-23)12-20(25)24(22)32-16-18-7-8-19(27)14-21(18)26/h3-4,6-8,10,12-14,28H,2,5,9,11,15-16H2,1H3. The van der Waals surface area contributed by atoms with Crippen LogP contribution >= 0.6 is 27.5 Å². The Labute approximate surface area is 201 Å². The number of halogens is 3. The predicted octanol–water partition coefficient (Wildman–Crippen LogP) is 6.17. The molecule has 0 bridgehead atoms. The Balaban J connectivity index is 1.53. The number of nitrogens with zero attached hydrogens (tertiary/aromatic N) is 1. The number of aromatic nitrogens is 1. The van der Waals surface area contributed by atoms with Crippen molar-refractivity contribution in [3.8, 4) is 17.4 Å². The number of pyridine rings is 1. The first kappa shape index (κ1) is 24.3. The summed E-state index contributed by atoms with van der Waals surface area (Å²) in [7, 11) is 0. The monoisotopic (exact) mass is 522 g/mol. The number of nitrogens with one attached hydrogen (secondary N) is 1. The lowest BCUT2D eigenvalue weighted by Gasteiger charge is -2.16. The van der Waals surface area contributed by atoms with Crippen LogP contribution in [0.2, 0.25) is 5.02 Å². The highest BCUT2D eigenvalue weighted by atomic mass is 79.9. The molecule has 3 aromatic rings. The quantitative estimate of drug-likeness (QED) is 0.288. The van der Waals surface area contributed by atoms with Crippen LogP contribution in [0.5, 0.6) is 17.4 Å². The van der Waals surface area contributed by atoms with E-state index in [-0.39, 0.29) is 12.4 Å². The molecule has 3 rings (SSSR count). The maximum Gasteiger partial charge on any atom is 0.213 e. The first-order chi connectivity index (χ1) is 15.6. The highest BCUT2D eigenvalue weighted by Gasteiger charge is 2.14. The van der Waals surface area contributed by atoms with E-state index < -0.39 is 0 Å². The first-order valence-corrected chi connectivity index (χ1v) is 11.5. The van der Waals surface area contributed by atoms with Gasteiger partial charge in [0.15, 0.2) is 11.5 Å². The van der Waals surface area contributed by atoms with E-state index in [1.165, 1.54) is 12.1 Å². The van der Waals surface area contributed by atoms with E-state index in [1.807, 2.05) is 37.3 Å². The van der Waals surface area contributed by atoms with Crippen LogP contribution in [0.15, 0.2) is 59.2 Å². The largest absolute Gasteiger partial charge is 0.490 e. The lowest BCUT2D eigenvalue weighted by Crippen LogP contribution is -2.17. The predicted molar refractivity (Wildman–Crippen MR) is 127 cm³/mol. The number of ether oxygens (including phenoxy) is 3. The van der Waals surface area contributed by atoms with Gasteiger partial charge in [-0.3, -0.25) is 0 Å². The van der Waals surface area contributed by atoms with Crippen molar-refractivity contribution in [2.45, 2.75) is 26.5 Å². The molecule has 0 amide bonds. The molecule has 0 saturated carbocycles. The van der Waals surface area contributed by atoms with E-state index in [4.69, 9.17) is 25.8 Å². The minimum atomic E-state index is -0.380. The zero-order chi connectivity index (χ0) is 22.8. The van der Waals surface area contributed by atoms with Crippen LogP contribution in [0, 0.1) is 5.82 Å². The summed E-state index contributed by atoms with van der Waals surface area (Å²) < 4.78 is 31.4. The fraction of sp³-hybridized carbons (Fsp3) is 0.292. The second-order valence-corrected chi connectivity index (χ2v) is 8.17. The van der Waals surface area contributed by atoms with Gasteiger partial charge in [0.25, 0.3) is 0 Å². The molecule has 8 heteroatoms. The second kappa shape index (κ2) is 12.6. The molecule has 0 saturated heterocycles. The molecule has 0 spiro atoms. The average Bonchev–Trinajstić information content (AvgIpc) is 2.77. The van der Waals surface area contributed by atoms with Crippen LogP contribution in [0.3, 0.4) is 0 Å². The maximum absolute atomic E-state index is 13.3. The van der Waals surface area contributed by atoms with E-state index in [2.05, 4.69) is 26.2 Å². The summed E-state index contributed by atoms with van der Waals surface area (Å²) in [5.74, 6) is 1.47. The summed E-state index contributed by atoms with van der Waals surface area (Å²) in [5.41, 5.74) is 1.75. The molecule has 0 aliphatic rings. The van der Waals surface area contributed by atoms with Gasteiger partial charge in [0.05, 0.1) is 22.7 Å². The maximum atomic E-state index is 13.3. The molecule has 0 radical (unpaired) electrons. The van der Waals surface area contributed by atoms with Crippen LogP contribution in [-0.4, -0.2) is 24.7 Å². The normalized spacial score (nSPS) is 10.8. The van der Waals surface area contributed by atoms with E-state index >= 15 is 0 Å². The van der Waals surface area contributed by atoms with E-state index in [1.54, 1.807) is 12.3 Å². The molecule has 32 heavy (non-hydrogen) atoms. The second-order valence-electron chi connectivity index (χ2n) is 6.91. The van der Waals surface area contributed by atoms with Crippen molar-refractivity contribution in [3.63, 3.8) is 0 Å². The molecular weight excluding hydrogens is 499 g/mol. The Morgan fingerprint density at radius 1 is 1.09 bits per heavy atom. The summed E-state index contributed by atoms with van der Waals surface area (Å²) >= 11 is 9.68. The van der Waals surface area contributed by atoms with Gasteiger partial charge in [-0.15, -0.1) is 0 Å². The Morgan fingerprint density at radius 3 is 2.72 bits per heavy atom. The van der Waals surface area contributed by atoms with Crippen LogP contribution in [0.1, 0.15) is 24.5 Å². The Kier molecular flexibility index (Phi) is 9.59. The molecule has 0 unspecified atom stereocenters. The minimum Gasteiger partial charge on any atom is -0.490 e. The van der Waals surface area contributed by atoms with Crippen molar-refractivity contribution < 1.29 is 18.6 Å². The van der Waals surface area contributed by atoms with Crippen LogP contribution < -0.4 is 19.5 Å². The first-order valence-electron chi connectivity index (χ1n) is 10.3. The van der Waals surface area contributed by atoms with Gasteiger partial charge in [0.2, 0.25) is 5.88 Å². The molecule has 0 aliphatic carbocycles. The van der Waals surface area contributed by atoms with Gasteiger partial charge in [0, 0.05) is 24.4 Å². The van der Waals surface area contributed by atoms with E-state index in [0.717, 1.165) is 23.0 Å². The molecule has 5 nitrogen and oxygen atoms in total. The Hall–Kier alpha value is -2.35. The van der Waals surface area contributed by atoms with Crippen molar-refractivity contribution in [1.82, 2.24) is 10.3 Å². The highest BCUT2D eigenvalue weighted by molar-refractivity contribution is 9.10. The molecule has 0 atom stereocenters. The Morgan fingerprint density at radius 2 is 1.97 bits per heavy atom. The number of hydrogen-bond acceptors (Lipinski definition) is 5. The van der Waals surface area contributed by atoms with Gasteiger partial charge >= 0.3 is 0 Å². The average molecular weight is 524 g/mol. The molecule has 0 fully saturated rings. The van der Waals surface area contributed by atoms with Gasteiger partial charge in [-0.1, -0.05) is 23.7 Å². The number of hydrogen-bond donors (Lipinski definition) is 1. The SMILES string of the molecule is CCOc1cc(CNCCCOc2ccccn2)cc(Br)c1OCc1ccc(F)cc1Cl. The van der Waals surface area contributed by atoms with Crippen molar-refractivity contribution in [2.24, 2.45) is 0 Å². The third-order valence-corrected chi connectivity index (χ3v) is 5.41.